The first-order valence-corrected chi connectivity index (χ1v) is 28.6. The maximum atomic E-state index is 14.8. The summed E-state index contributed by atoms with van der Waals surface area (Å²) >= 11 is 0. The van der Waals surface area contributed by atoms with Crippen LogP contribution in [0.3, 0.4) is 0 Å². The van der Waals surface area contributed by atoms with Gasteiger partial charge in [0.05, 0.1) is 12.1 Å². The number of aromatic nitrogens is 1. The molecule has 0 unspecified atom stereocenters. The van der Waals surface area contributed by atoms with Gasteiger partial charge in [0.1, 0.15) is 24.2 Å². The molecule has 1 aliphatic carbocycles. The summed E-state index contributed by atoms with van der Waals surface area (Å²) in [6, 6.07) is 7.97. The molecular formula is C58H88N12O9. The Morgan fingerprint density at radius 3 is 1.82 bits per heavy atom. The topological polar surface area (TPSA) is 358 Å². The number of ketones is 2. The summed E-state index contributed by atoms with van der Waals surface area (Å²) < 4.78 is 0. The van der Waals surface area contributed by atoms with Crippen LogP contribution in [-0.2, 0) is 62.4 Å². The third-order valence-corrected chi connectivity index (χ3v) is 15.1. The predicted molar refractivity (Wildman–Crippen MR) is 302 cm³/mol. The van der Waals surface area contributed by atoms with Crippen molar-refractivity contribution >= 4 is 63.8 Å². The molecule has 79 heavy (non-hydrogen) atoms. The maximum absolute atomic E-state index is 14.8. The molecule has 434 valence electrons. The molecule has 0 bridgehead atoms. The van der Waals surface area contributed by atoms with Crippen molar-refractivity contribution in [2.24, 2.45) is 46.6 Å². The summed E-state index contributed by atoms with van der Waals surface area (Å²) in [5, 5.41) is 20.6. The number of carbonyl (C=O) groups is 9. The van der Waals surface area contributed by atoms with Gasteiger partial charge in [-0.05, 0) is 119 Å². The fraction of sp³-hybridized carbons (Fsp3) is 0.603. The molecule has 0 saturated carbocycles. The van der Waals surface area contributed by atoms with Gasteiger partial charge >= 0.3 is 0 Å². The number of hydrogen-bond donors (Lipinski definition) is 12. The van der Waals surface area contributed by atoms with Crippen molar-refractivity contribution < 1.29 is 43.2 Å². The van der Waals surface area contributed by atoms with Crippen LogP contribution in [0.2, 0.25) is 0 Å². The number of fused-ring (bicyclic) bond motifs is 2. The first kappa shape index (κ1) is 63.3. The lowest BCUT2D eigenvalue weighted by Gasteiger charge is -2.29. The Bertz CT molecular complexity index is 2510. The number of rotatable bonds is 23. The first-order valence-electron chi connectivity index (χ1n) is 28.6. The summed E-state index contributed by atoms with van der Waals surface area (Å²) in [7, 11) is 0. The molecule has 2 heterocycles. The van der Waals surface area contributed by atoms with E-state index in [2.05, 4.69) is 49.1 Å². The Labute approximate surface area is 464 Å². The second-order valence-corrected chi connectivity index (χ2v) is 21.8. The lowest BCUT2D eigenvalue weighted by atomic mass is 9.83. The molecule has 7 amide bonds. The van der Waals surface area contributed by atoms with Crippen molar-refractivity contribution in [3.8, 4) is 0 Å². The molecule has 3 aromatic rings. The van der Waals surface area contributed by atoms with Gasteiger partial charge in [0.2, 0.25) is 41.4 Å². The van der Waals surface area contributed by atoms with Crippen LogP contribution in [0.15, 0.2) is 54.7 Å². The van der Waals surface area contributed by atoms with Crippen molar-refractivity contribution in [1.29, 1.82) is 0 Å². The van der Waals surface area contributed by atoms with Crippen molar-refractivity contribution in [3.63, 3.8) is 0 Å². The lowest BCUT2D eigenvalue weighted by molar-refractivity contribution is -0.137. The number of Topliss-reactive ketones (excluding diaryl/α,β-unsaturated/α-hetero) is 2. The molecule has 2 aliphatic rings. The third kappa shape index (κ3) is 19.4. The lowest BCUT2D eigenvalue weighted by Crippen LogP contribution is -2.59. The highest BCUT2D eigenvalue weighted by molar-refractivity contribution is 5.98. The van der Waals surface area contributed by atoms with E-state index in [0.717, 1.165) is 47.7 Å². The van der Waals surface area contributed by atoms with Crippen LogP contribution in [0.25, 0.3) is 10.9 Å². The van der Waals surface area contributed by atoms with Crippen LogP contribution < -0.4 is 60.2 Å². The van der Waals surface area contributed by atoms with E-state index in [-0.39, 0.29) is 108 Å². The molecule has 0 radical (unpaired) electrons. The molecule has 8 atom stereocenters. The van der Waals surface area contributed by atoms with Gasteiger partial charge in [-0.25, -0.2) is 0 Å². The average Bonchev–Trinajstić information content (AvgIpc) is 4.07. The summed E-state index contributed by atoms with van der Waals surface area (Å²) in [6.07, 6.45) is 6.68. The fourth-order valence-corrected chi connectivity index (χ4v) is 10.7. The van der Waals surface area contributed by atoms with Crippen LogP contribution in [0.5, 0.6) is 0 Å². The average molecular weight is 1100 g/mol. The van der Waals surface area contributed by atoms with Gasteiger partial charge in [-0.15, -0.1) is 0 Å². The summed E-state index contributed by atoms with van der Waals surface area (Å²) in [6.45, 7) is 5.60. The first-order chi connectivity index (χ1) is 38.0. The Hall–Kier alpha value is -6.55. The van der Waals surface area contributed by atoms with Crippen LogP contribution >= 0.6 is 0 Å². The molecule has 0 spiro atoms. The molecule has 21 nitrogen and oxygen atoms in total. The smallest absolute Gasteiger partial charge is 0.243 e. The zero-order valence-electron chi connectivity index (χ0n) is 46.5. The number of nitrogens with one attached hydrogen (secondary N) is 8. The highest BCUT2D eigenvalue weighted by Gasteiger charge is 2.40. The van der Waals surface area contributed by atoms with Crippen molar-refractivity contribution in [3.05, 3.63) is 71.4 Å². The van der Waals surface area contributed by atoms with Gasteiger partial charge in [0.25, 0.3) is 0 Å². The van der Waals surface area contributed by atoms with E-state index in [1.807, 2.05) is 62.4 Å². The Morgan fingerprint density at radius 2 is 1.20 bits per heavy atom. The normalized spacial score (nSPS) is 23.0. The largest absolute Gasteiger partial charge is 0.361 e. The molecule has 1 fully saturated rings. The minimum Gasteiger partial charge on any atom is -0.361 e. The molecule has 5 rings (SSSR count). The fourth-order valence-electron chi connectivity index (χ4n) is 10.7. The van der Waals surface area contributed by atoms with Crippen LogP contribution in [0.4, 0.5) is 0 Å². The number of nitrogens with two attached hydrogens (primary N) is 4. The third-order valence-electron chi connectivity index (χ3n) is 15.1. The minimum atomic E-state index is -1.28. The van der Waals surface area contributed by atoms with E-state index in [1.165, 1.54) is 0 Å². The summed E-state index contributed by atoms with van der Waals surface area (Å²) in [5.41, 5.74) is 27.6. The van der Waals surface area contributed by atoms with Gasteiger partial charge in [-0.2, -0.15) is 0 Å². The highest BCUT2D eigenvalue weighted by Crippen LogP contribution is 2.34. The van der Waals surface area contributed by atoms with Gasteiger partial charge in [-0.1, -0.05) is 88.9 Å². The minimum absolute atomic E-state index is 0.0159. The van der Waals surface area contributed by atoms with E-state index in [4.69, 9.17) is 22.9 Å². The summed E-state index contributed by atoms with van der Waals surface area (Å²) in [5.74, 6) is -8.04. The van der Waals surface area contributed by atoms with E-state index < -0.39 is 102 Å². The van der Waals surface area contributed by atoms with Gasteiger partial charge < -0.3 is 65.1 Å². The zero-order valence-corrected chi connectivity index (χ0v) is 46.5. The SMILES string of the molecule is CCCCCCCC(=O)N[C@H](CCN)C(=O)C[C@H]1CCNC(=O)[C@H](Cc2c[nH]c3ccccc23)NC(=O)[C@H](CCN)NC(=O)[C@H](CCN)NC(=O)[C@H](CC(C)C)NC(=O)[C@@H](C2Cc3ccccc3C2)CC(=O)[C@H](CCN)NC1=O. The quantitative estimate of drug-likeness (QED) is 0.0600. The van der Waals surface area contributed by atoms with Crippen molar-refractivity contribution in [2.75, 3.05) is 32.7 Å². The number of unbranched alkanes of at least 4 members (excludes halogenated alkanes) is 4. The number of aromatic amines is 1. The molecule has 16 N–H and O–H groups in total. The number of hydrogen-bond acceptors (Lipinski definition) is 13. The molecule has 2 aromatic carbocycles. The summed E-state index contributed by atoms with van der Waals surface area (Å²) in [4.78, 5) is 132. The maximum Gasteiger partial charge on any atom is 0.243 e. The number of carbonyl (C=O) groups excluding carboxylic acids is 9. The molecule has 21 heteroatoms. The zero-order chi connectivity index (χ0) is 57.4. The van der Waals surface area contributed by atoms with Gasteiger partial charge in [0, 0.05) is 61.2 Å². The Morgan fingerprint density at radius 1 is 0.633 bits per heavy atom. The number of amides is 7. The Kier molecular flexibility index (Phi) is 26.0. The number of benzene rings is 2. The monoisotopic (exact) mass is 1100 g/mol. The van der Waals surface area contributed by atoms with E-state index >= 15 is 0 Å². The van der Waals surface area contributed by atoms with E-state index in [9.17, 15) is 43.2 Å². The van der Waals surface area contributed by atoms with Crippen LogP contribution in [0, 0.1) is 23.7 Å². The predicted octanol–water partition coefficient (Wildman–Crippen LogP) is 1.51. The van der Waals surface area contributed by atoms with E-state index in [1.54, 1.807) is 6.20 Å². The van der Waals surface area contributed by atoms with Gasteiger partial charge in [0.15, 0.2) is 11.6 Å². The highest BCUT2D eigenvalue weighted by atomic mass is 16.2. The second kappa shape index (κ2) is 32.5. The number of para-hydroxylation sites is 1. The van der Waals surface area contributed by atoms with Gasteiger partial charge in [-0.3, -0.25) is 43.2 Å². The van der Waals surface area contributed by atoms with Crippen molar-refractivity contribution in [2.45, 2.75) is 166 Å². The van der Waals surface area contributed by atoms with E-state index in [0.29, 0.717) is 24.8 Å². The standard InChI is InChI=1S/C58H88N12O9/c1-4-5-6-7-8-17-52(73)65-44(18-23-59)50(71)32-38-22-27-63-55(76)49(31-40-34-64-43-16-12-11-15-41(40)43)70-57(78)47(21-26-62)67-56(77)46(20-25-61)68-58(79)48(28-35(2)3)69-54(75)42(33-51(72)45(19-24-60)66-53(38)74)39-29-36-13-9-10-14-37(36)30-39/h9-16,34-35,38-39,42,44-49,64H,4-8,17-33,59-62H2,1-3H3,(H,63,76)(H,65,73)(H,66,74)(H,67,77)(H,68,79)(H,69,75)(H,70,78)/t38-,42-,44-,45+,46+,47+,48+,49+/m1/s1. The van der Waals surface area contributed by atoms with Crippen LogP contribution in [-0.4, -0.2) is 127 Å². The molecule has 1 aromatic heterocycles. The second-order valence-electron chi connectivity index (χ2n) is 21.8. The van der Waals surface area contributed by atoms with Crippen molar-refractivity contribution in [1.82, 2.24) is 42.2 Å². The molecular weight excluding hydrogens is 1010 g/mol. The molecule has 1 aliphatic heterocycles. The molecule has 1 saturated heterocycles. The Balaban J connectivity index is 1.55. The van der Waals surface area contributed by atoms with Crippen LogP contribution in [0.1, 0.15) is 127 Å². The number of H-pyrrole nitrogens is 1.